The van der Waals surface area contributed by atoms with E-state index in [0.717, 1.165) is 31.6 Å². The lowest BCUT2D eigenvalue weighted by Crippen LogP contribution is -2.48. The predicted octanol–water partition coefficient (Wildman–Crippen LogP) is 1.72. The van der Waals surface area contributed by atoms with Crippen LogP contribution in [0.2, 0.25) is 0 Å². The predicted molar refractivity (Wildman–Crippen MR) is 47.5 cm³/mol. The molecule has 0 atom stereocenters. The van der Waals surface area contributed by atoms with E-state index in [0.29, 0.717) is 12.5 Å². The number of halogens is 3. The zero-order chi connectivity index (χ0) is 10.2. The van der Waals surface area contributed by atoms with E-state index in [1.165, 1.54) is 0 Å². The maximum absolute atomic E-state index is 11.9. The molecule has 2 nitrogen and oxygen atoms in total. The van der Waals surface area contributed by atoms with Gasteiger partial charge in [0.15, 0.2) is 0 Å². The topological polar surface area (TPSA) is 15.6 Å². The molecule has 0 spiro atoms. The molecule has 0 aliphatic carbocycles. The normalized spacial score (nSPS) is 35.2. The lowest BCUT2D eigenvalue weighted by Gasteiger charge is -2.40. The van der Waals surface area contributed by atoms with Crippen molar-refractivity contribution < 1.29 is 13.2 Å². The highest BCUT2D eigenvalue weighted by atomic mass is 19.4. The van der Waals surface area contributed by atoms with Crippen LogP contribution in [0.1, 0.15) is 12.8 Å². The molecule has 80 valence electrons. The highest BCUT2D eigenvalue weighted by molar-refractivity contribution is 5.90. The summed E-state index contributed by atoms with van der Waals surface area (Å²) < 4.78 is 35.8. The second kappa shape index (κ2) is 3.53. The SMILES string of the molecule is FC(F)(F)CN=C1CN2CCC1CC2. The first kappa shape index (κ1) is 9.96. The van der Waals surface area contributed by atoms with Crippen molar-refractivity contribution in [1.29, 1.82) is 0 Å². The van der Waals surface area contributed by atoms with Gasteiger partial charge in [-0.3, -0.25) is 9.89 Å². The molecule has 3 saturated heterocycles. The lowest BCUT2D eigenvalue weighted by atomic mass is 9.86. The molecule has 0 N–H and O–H groups in total. The maximum Gasteiger partial charge on any atom is 0.407 e. The Kier molecular flexibility index (Phi) is 2.51. The summed E-state index contributed by atoms with van der Waals surface area (Å²) in [5.41, 5.74) is 0.764. The Bertz CT molecular complexity index is 239. The van der Waals surface area contributed by atoms with E-state index in [4.69, 9.17) is 0 Å². The number of hydrogen-bond donors (Lipinski definition) is 0. The minimum atomic E-state index is -4.15. The molecule has 0 aromatic heterocycles. The molecule has 3 aliphatic heterocycles. The van der Waals surface area contributed by atoms with Gasteiger partial charge in [-0.05, 0) is 25.9 Å². The first-order valence-electron chi connectivity index (χ1n) is 4.87. The number of nitrogens with zero attached hydrogens (tertiary/aromatic N) is 2. The zero-order valence-corrected chi connectivity index (χ0v) is 7.85. The first-order valence-corrected chi connectivity index (χ1v) is 4.87. The molecule has 0 saturated carbocycles. The number of aliphatic imine (C=N–C) groups is 1. The minimum Gasteiger partial charge on any atom is -0.298 e. The maximum atomic E-state index is 11.9. The van der Waals surface area contributed by atoms with Crippen LogP contribution in [-0.2, 0) is 0 Å². The van der Waals surface area contributed by atoms with Crippen molar-refractivity contribution in [2.24, 2.45) is 10.9 Å². The summed E-state index contributed by atoms with van der Waals surface area (Å²) in [6.45, 7) is 1.69. The van der Waals surface area contributed by atoms with E-state index in [2.05, 4.69) is 9.89 Å². The second-order valence-corrected chi connectivity index (χ2v) is 3.97. The Hall–Kier alpha value is -0.580. The van der Waals surface area contributed by atoms with Crippen LogP contribution >= 0.6 is 0 Å². The lowest BCUT2D eigenvalue weighted by molar-refractivity contribution is -0.118. The molecule has 3 heterocycles. The van der Waals surface area contributed by atoms with E-state index in [1.807, 2.05) is 0 Å². The summed E-state index contributed by atoms with van der Waals surface area (Å²) in [4.78, 5) is 5.86. The summed E-state index contributed by atoms with van der Waals surface area (Å²) in [7, 11) is 0. The van der Waals surface area contributed by atoms with Gasteiger partial charge < -0.3 is 0 Å². The molecule has 0 radical (unpaired) electrons. The molecule has 14 heavy (non-hydrogen) atoms. The molecule has 0 unspecified atom stereocenters. The van der Waals surface area contributed by atoms with Crippen molar-refractivity contribution in [1.82, 2.24) is 4.90 Å². The van der Waals surface area contributed by atoms with Gasteiger partial charge in [-0.15, -0.1) is 0 Å². The summed E-state index contributed by atoms with van der Waals surface area (Å²) in [6, 6.07) is 0. The molecule has 0 aromatic carbocycles. The van der Waals surface area contributed by atoms with Crippen LogP contribution in [-0.4, -0.2) is 43.0 Å². The average Bonchev–Trinajstić information content (AvgIpc) is 2.16. The van der Waals surface area contributed by atoms with Gasteiger partial charge in [-0.2, -0.15) is 13.2 Å². The van der Waals surface area contributed by atoms with Crippen LogP contribution in [0.3, 0.4) is 0 Å². The number of rotatable bonds is 1. The van der Waals surface area contributed by atoms with Gasteiger partial charge in [-0.25, -0.2) is 0 Å². The van der Waals surface area contributed by atoms with Crippen LogP contribution in [0.15, 0.2) is 4.99 Å². The average molecular weight is 206 g/mol. The van der Waals surface area contributed by atoms with E-state index in [-0.39, 0.29) is 0 Å². The van der Waals surface area contributed by atoms with Crippen LogP contribution in [0, 0.1) is 5.92 Å². The molecular weight excluding hydrogens is 193 g/mol. The third-order valence-corrected chi connectivity index (χ3v) is 2.91. The van der Waals surface area contributed by atoms with Gasteiger partial charge in [0.25, 0.3) is 0 Å². The largest absolute Gasteiger partial charge is 0.407 e. The molecule has 3 aliphatic rings. The van der Waals surface area contributed by atoms with Crippen molar-refractivity contribution >= 4 is 5.71 Å². The summed E-state index contributed by atoms with van der Waals surface area (Å²) in [5.74, 6) is 0.322. The number of piperidine rings is 3. The van der Waals surface area contributed by atoms with Crippen molar-refractivity contribution in [3.05, 3.63) is 0 Å². The van der Waals surface area contributed by atoms with Crippen LogP contribution in [0.4, 0.5) is 13.2 Å². The summed E-state index contributed by atoms with van der Waals surface area (Å²) in [5, 5.41) is 0. The molecule has 2 bridgehead atoms. The summed E-state index contributed by atoms with van der Waals surface area (Å²) in [6.07, 6.45) is -2.19. The molecule has 0 amide bonds. The quantitative estimate of drug-likeness (QED) is 0.637. The third-order valence-electron chi connectivity index (χ3n) is 2.91. The van der Waals surface area contributed by atoms with Crippen LogP contribution in [0.5, 0.6) is 0 Å². The van der Waals surface area contributed by atoms with Gasteiger partial charge >= 0.3 is 6.18 Å². The van der Waals surface area contributed by atoms with Gasteiger partial charge in [0, 0.05) is 18.2 Å². The summed E-state index contributed by atoms with van der Waals surface area (Å²) >= 11 is 0. The zero-order valence-electron chi connectivity index (χ0n) is 7.85. The Morgan fingerprint density at radius 3 is 2.36 bits per heavy atom. The van der Waals surface area contributed by atoms with Gasteiger partial charge in [-0.1, -0.05) is 0 Å². The van der Waals surface area contributed by atoms with E-state index in [9.17, 15) is 13.2 Å². The number of hydrogen-bond acceptors (Lipinski definition) is 2. The fourth-order valence-electron chi connectivity index (χ4n) is 2.15. The highest BCUT2D eigenvalue weighted by Crippen LogP contribution is 2.26. The van der Waals surface area contributed by atoms with E-state index < -0.39 is 12.7 Å². The monoisotopic (exact) mass is 206 g/mol. The Morgan fingerprint density at radius 2 is 1.93 bits per heavy atom. The van der Waals surface area contributed by atoms with E-state index >= 15 is 0 Å². The fourth-order valence-corrected chi connectivity index (χ4v) is 2.15. The standard InChI is InChI=1S/C9H13F3N2/c10-9(11,12)6-13-8-5-14-3-1-7(8)2-4-14/h7H,1-6H2. The molecule has 5 heteroatoms. The Balaban J connectivity index is 1.98. The third kappa shape index (κ3) is 2.26. The van der Waals surface area contributed by atoms with Crippen LogP contribution < -0.4 is 0 Å². The number of fused-ring (bicyclic) bond motifs is 3. The Morgan fingerprint density at radius 1 is 1.29 bits per heavy atom. The Labute approximate surface area is 80.8 Å². The first-order chi connectivity index (χ1) is 6.54. The van der Waals surface area contributed by atoms with Crippen molar-refractivity contribution in [3.8, 4) is 0 Å². The fraction of sp³-hybridized carbons (Fsp3) is 0.889. The smallest absolute Gasteiger partial charge is 0.298 e. The van der Waals surface area contributed by atoms with Gasteiger partial charge in [0.2, 0.25) is 0 Å². The van der Waals surface area contributed by atoms with Crippen molar-refractivity contribution in [2.75, 3.05) is 26.2 Å². The molecule has 3 rings (SSSR count). The second-order valence-electron chi connectivity index (χ2n) is 3.97. The van der Waals surface area contributed by atoms with Gasteiger partial charge in [0.05, 0.1) is 0 Å². The number of alkyl halides is 3. The van der Waals surface area contributed by atoms with Crippen molar-refractivity contribution in [3.63, 3.8) is 0 Å². The van der Waals surface area contributed by atoms with Crippen LogP contribution in [0.25, 0.3) is 0 Å². The molecule has 3 fully saturated rings. The molecular formula is C9H13F3N2. The minimum absolute atomic E-state index is 0.322. The van der Waals surface area contributed by atoms with Gasteiger partial charge in [0.1, 0.15) is 6.54 Å². The van der Waals surface area contributed by atoms with E-state index in [1.54, 1.807) is 0 Å². The van der Waals surface area contributed by atoms with Crippen molar-refractivity contribution in [2.45, 2.75) is 19.0 Å². The molecule has 0 aromatic rings. The highest BCUT2D eigenvalue weighted by Gasteiger charge is 2.32.